The number of aliphatic carboxylic acids is 1. The summed E-state index contributed by atoms with van der Waals surface area (Å²) in [6, 6.07) is 4.91. The van der Waals surface area contributed by atoms with Crippen LogP contribution in [0.15, 0.2) is 24.3 Å². The Morgan fingerprint density at radius 2 is 1.96 bits per heavy atom. The highest BCUT2D eigenvalue weighted by Gasteiger charge is 2.21. The molecule has 0 bridgehead atoms. The Labute approximate surface area is 143 Å². The number of aromatic nitrogens is 2. The van der Waals surface area contributed by atoms with Crippen molar-refractivity contribution in [2.75, 3.05) is 6.54 Å². The first-order valence-electron chi connectivity index (χ1n) is 7.78. The van der Waals surface area contributed by atoms with Crippen molar-refractivity contribution in [2.24, 2.45) is 0 Å². The van der Waals surface area contributed by atoms with E-state index in [1.54, 1.807) is 6.07 Å². The van der Waals surface area contributed by atoms with Crippen LogP contribution in [0, 0.1) is 11.6 Å². The molecule has 0 radical (unpaired) electrons. The first kappa shape index (κ1) is 18.6. The summed E-state index contributed by atoms with van der Waals surface area (Å²) < 4.78 is 26.4. The third-order valence-electron chi connectivity index (χ3n) is 3.68. The molecule has 0 aliphatic carbocycles. The molecule has 1 heterocycles. The van der Waals surface area contributed by atoms with Gasteiger partial charge in [0, 0.05) is 18.8 Å². The minimum absolute atomic E-state index is 0.0484. The van der Waals surface area contributed by atoms with E-state index >= 15 is 0 Å². The molecule has 1 aromatic carbocycles. The van der Waals surface area contributed by atoms with Gasteiger partial charge in [-0.1, -0.05) is 19.9 Å². The van der Waals surface area contributed by atoms with Gasteiger partial charge in [-0.2, -0.15) is 5.10 Å². The first-order valence-corrected chi connectivity index (χ1v) is 7.78. The van der Waals surface area contributed by atoms with Crippen LogP contribution in [-0.4, -0.2) is 38.6 Å². The van der Waals surface area contributed by atoms with Crippen molar-refractivity contribution < 1.29 is 23.5 Å². The summed E-state index contributed by atoms with van der Waals surface area (Å²) in [6.07, 6.45) is -0.267. The zero-order valence-corrected chi connectivity index (χ0v) is 13.9. The van der Waals surface area contributed by atoms with Crippen LogP contribution in [-0.2, 0) is 11.3 Å². The number of H-pyrrole nitrogens is 1. The van der Waals surface area contributed by atoms with Crippen molar-refractivity contribution in [1.29, 1.82) is 0 Å². The van der Waals surface area contributed by atoms with Crippen molar-refractivity contribution in [1.82, 2.24) is 15.1 Å². The number of carbonyl (C=O) groups is 2. The Balaban J connectivity index is 2.22. The fourth-order valence-electron chi connectivity index (χ4n) is 2.25. The molecule has 0 aliphatic heterocycles. The van der Waals surface area contributed by atoms with Gasteiger partial charge in [-0.05, 0) is 29.7 Å². The van der Waals surface area contributed by atoms with Gasteiger partial charge in [-0.3, -0.25) is 14.7 Å². The quantitative estimate of drug-likeness (QED) is 0.803. The van der Waals surface area contributed by atoms with Crippen LogP contribution in [0.4, 0.5) is 8.78 Å². The van der Waals surface area contributed by atoms with E-state index in [1.165, 1.54) is 11.0 Å². The molecule has 2 aromatic rings. The fourth-order valence-corrected chi connectivity index (χ4v) is 2.25. The summed E-state index contributed by atoms with van der Waals surface area (Å²) in [6.45, 7) is 3.75. The lowest BCUT2D eigenvalue weighted by Crippen LogP contribution is -2.33. The number of halogens is 2. The molecular weight excluding hydrogens is 332 g/mol. The van der Waals surface area contributed by atoms with Crippen LogP contribution < -0.4 is 0 Å². The fraction of sp³-hybridized carbons (Fsp3) is 0.353. The number of amides is 1. The third kappa shape index (κ3) is 4.85. The molecule has 0 saturated heterocycles. The number of rotatable bonds is 7. The van der Waals surface area contributed by atoms with Crippen molar-refractivity contribution in [3.8, 4) is 0 Å². The maximum atomic E-state index is 13.4. The molecule has 6 nitrogen and oxygen atoms in total. The number of nitrogens with one attached hydrogen (secondary N) is 1. The van der Waals surface area contributed by atoms with Crippen LogP contribution >= 0.6 is 0 Å². The number of benzene rings is 1. The summed E-state index contributed by atoms with van der Waals surface area (Å²) in [5.74, 6) is -3.40. The molecular formula is C17H19F2N3O3. The molecule has 0 atom stereocenters. The van der Waals surface area contributed by atoms with Gasteiger partial charge < -0.3 is 10.0 Å². The number of aromatic amines is 1. The smallest absolute Gasteiger partial charge is 0.305 e. The number of carboxylic acid groups (broad SMARTS) is 1. The van der Waals surface area contributed by atoms with E-state index in [4.69, 9.17) is 5.11 Å². The Bertz CT molecular complexity index is 774. The van der Waals surface area contributed by atoms with Gasteiger partial charge in [-0.25, -0.2) is 8.78 Å². The van der Waals surface area contributed by atoms with Gasteiger partial charge in [0.1, 0.15) is 5.69 Å². The predicted molar refractivity (Wildman–Crippen MR) is 86.0 cm³/mol. The summed E-state index contributed by atoms with van der Waals surface area (Å²) in [7, 11) is 0. The molecule has 134 valence electrons. The topological polar surface area (TPSA) is 86.3 Å². The van der Waals surface area contributed by atoms with E-state index in [0.29, 0.717) is 5.56 Å². The lowest BCUT2D eigenvalue weighted by atomic mass is 10.1. The second-order valence-electron chi connectivity index (χ2n) is 5.98. The average molecular weight is 351 g/mol. The van der Waals surface area contributed by atoms with Gasteiger partial charge >= 0.3 is 5.97 Å². The molecule has 1 amide bonds. The predicted octanol–water partition coefficient (Wildman–Crippen LogP) is 2.93. The third-order valence-corrected chi connectivity index (χ3v) is 3.68. The van der Waals surface area contributed by atoms with Crippen LogP contribution in [0.3, 0.4) is 0 Å². The van der Waals surface area contributed by atoms with E-state index in [0.717, 1.165) is 17.8 Å². The second-order valence-corrected chi connectivity index (χ2v) is 5.98. The normalized spacial score (nSPS) is 10.9. The molecule has 8 heteroatoms. The van der Waals surface area contributed by atoms with E-state index in [9.17, 15) is 18.4 Å². The van der Waals surface area contributed by atoms with Crippen molar-refractivity contribution in [3.63, 3.8) is 0 Å². The molecule has 2 rings (SSSR count). The van der Waals surface area contributed by atoms with Crippen LogP contribution in [0.2, 0.25) is 0 Å². The first-order chi connectivity index (χ1) is 11.8. The molecule has 25 heavy (non-hydrogen) atoms. The Morgan fingerprint density at radius 1 is 1.24 bits per heavy atom. The number of carboxylic acids is 1. The van der Waals surface area contributed by atoms with Gasteiger partial charge in [0.2, 0.25) is 0 Å². The summed E-state index contributed by atoms with van der Waals surface area (Å²) >= 11 is 0. The Morgan fingerprint density at radius 3 is 2.52 bits per heavy atom. The van der Waals surface area contributed by atoms with E-state index in [-0.39, 0.29) is 31.1 Å². The maximum absolute atomic E-state index is 13.4. The SMILES string of the molecule is CC(C)c1cc(C(=O)N(CCC(=O)O)Cc2ccc(F)c(F)c2)n[nH]1. The summed E-state index contributed by atoms with van der Waals surface area (Å²) in [4.78, 5) is 24.7. The minimum Gasteiger partial charge on any atom is -0.481 e. The van der Waals surface area contributed by atoms with Crippen molar-refractivity contribution >= 4 is 11.9 Å². The van der Waals surface area contributed by atoms with Gasteiger partial charge in [0.05, 0.1) is 6.42 Å². The van der Waals surface area contributed by atoms with Gasteiger partial charge in [0.15, 0.2) is 11.6 Å². The standard InChI is InChI=1S/C17H19F2N3O3/c1-10(2)14-8-15(21-20-14)17(25)22(6-5-16(23)24)9-11-3-4-12(18)13(19)7-11/h3-4,7-8,10H,5-6,9H2,1-2H3,(H,20,21)(H,23,24). The molecule has 0 saturated carbocycles. The van der Waals surface area contributed by atoms with Gasteiger partial charge in [-0.15, -0.1) is 0 Å². The Kier molecular flexibility index (Phi) is 5.84. The van der Waals surface area contributed by atoms with E-state index in [1.807, 2.05) is 13.8 Å². The molecule has 0 fully saturated rings. The summed E-state index contributed by atoms with van der Waals surface area (Å²) in [5, 5.41) is 15.6. The molecule has 0 unspecified atom stereocenters. The lowest BCUT2D eigenvalue weighted by Gasteiger charge is -2.21. The minimum atomic E-state index is -1.06. The zero-order chi connectivity index (χ0) is 18.6. The zero-order valence-electron chi connectivity index (χ0n) is 13.9. The highest BCUT2D eigenvalue weighted by atomic mass is 19.2. The molecule has 1 aromatic heterocycles. The van der Waals surface area contributed by atoms with Crippen molar-refractivity contribution in [3.05, 3.63) is 52.9 Å². The Hall–Kier alpha value is -2.77. The highest BCUT2D eigenvalue weighted by Crippen LogP contribution is 2.16. The number of hydrogen-bond donors (Lipinski definition) is 2. The maximum Gasteiger partial charge on any atom is 0.305 e. The van der Waals surface area contributed by atoms with Crippen LogP contribution in [0.5, 0.6) is 0 Å². The number of nitrogens with zero attached hydrogens (tertiary/aromatic N) is 2. The largest absolute Gasteiger partial charge is 0.481 e. The number of carbonyl (C=O) groups excluding carboxylic acids is 1. The van der Waals surface area contributed by atoms with Crippen LogP contribution in [0.25, 0.3) is 0 Å². The average Bonchev–Trinajstić information content (AvgIpc) is 3.04. The van der Waals surface area contributed by atoms with E-state index < -0.39 is 23.5 Å². The van der Waals surface area contributed by atoms with E-state index in [2.05, 4.69) is 10.2 Å². The van der Waals surface area contributed by atoms with Crippen molar-refractivity contribution in [2.45, 2.75) is 32.7 Å². The van der Waals surface area contributed by atoms with Crippen LogP contribution in [0.1, 0.15) is 47.9 Å². The molecule has 2 N–H and O–H groups in total. The number of hydrogen-bond acceptors (Lipinski definition) is 3. The monoisotopic (exact) mass is 351 g/mol. The summed E-state index contributed by atoms with van der Waals surface area (Å²) in [5.41, 5.74) is 1.28. The molecule has 0 spiro atoms. The second kappa shape index (κ2) is 7.87. The highest BCUT2D eigenvalue weighted by molar-refractivity contribution is 5.92. The van der Waals surface area contributed by atoms with Gasteiger partial charge in [0.25, 0.3) is 5.91 Å². The molecule has 0 aliphatic rings. The lowest BCUT2D eigenvalue weighted by molar-refractivity contribution is -0.137.